The molecule has 0 saturated carbocycles. The zero-order chi connectivity index (χ0) is 19.3. The van der Waals surface area contributed by atoms with Gasteiger partial charge in [-0.2, -0.15) is 0 Å². The standard InChI is InChI=1S/C22H26FN3O2.2ClH/c23-21-14-19(28-16-17-6-1-2-10-24-17)8-9-20(21)22(27)26-13-5-7-18(26)15-25-11-3-4-12-25;;/h1-2,6,8-10,14,18H,3-5,7,11-13,15-16H2;2*1H/t18-;;/m0../s1. The summed E-state index contributed by atoms with van der Waals surface area (Å²) in [6.45, 7) is 4.08. The van der Waals surface area contributed by atoms with E-state index in [0.29, 0.717) is 12.3 Å². The van der Waals surface area contributed by atoms with Crippen molar-refractivity contribution in [3.05, 3.63) is 59.7 Å². The second-order valence-corrected chi connectivity index (χ2v) is 7.55. The van der Waals surface area contributed by atoms with Crippen LogP contribution in [0.2, 0.25) is 0 Å². The Bertz CT molecular complexity index is 819. The zero-order valence-electron chi connectivity index (χ0n) is 16.8. The maximum Gasteiger partial charge on any atom is 0.257 e. The normalized spacial score (nSPS) is 18.6. The number of carbonyl (C=O) groups is 1. The molecule has 30 heavy (non-hydrogen) atoms. The van der Waals surface area contributed by atoms with Crippen LogP contribution in [0.5, 0.6) is 5.75 Å². The number of rotatable bonds is 6. The summed E-state index contributed by atoms with van der Waals surface area (Å²) in [5.74, 6) is -0.347. The highest BCUT2D eigenvalue weighted by atomic mass is 35.5. The van der Waals surface area contributed by atoms with E-state index in [1.54, 1.807) is 12.3 Å². The molecule has 0 radical (unpaired) electrons. The van der Waals surface area contributed by atoms with Crippen LogP contribution in [-0.2, 0) is 6.61 Å². The van der Waals surface area contributed by atoms with Gasteiger partial charge < -0.3 is 14.5 Å². The molecule has 2 aliphatic rings. The van der Waals surface area contributed by atoms with Crippen molar-refractivity contribution in [1.29, 1.82) is 0 Å². The molecule has 2 aliphatic heterocycles. The Balaban J connectivity index is 0.00000160. The van der Waals surface area contributed by atoms with E-state index < -0.39 is 5.82 Å². The monoisotopic (exact) mass is 455 g/mol. The van der Waals surface area contributed by atoms with E-state index in [1.165, 1.54) is 25.0 Å². The van der Waals surface area contributed by atoms with Gasteiger partial charge in [0.25, 0.3) is 5.91 Å². The SMILES string of the molecule is Cl.Cl.O=C(c1ccc(OCc2ccccn2)cc1F)N1CCC[C@H]1CN1CCCC1. The van der Waals surface area contributed by atoms with Gasteiger partial charge in [0.2, 0.25) is 0 Å². The van der Waals surface area contributed by atoms with Gasteiger partial charge >= 0.3 is 0 Å². The lowest BCUT2D eigenvalue weighted by atomic mass is 10.1. The molecule has 3 heterocycles. The Morgan fingerprint density at radius 1 is 1.10 bits per heavy atom. The molecule has 5 nitrogen and oxygen atoms in total. The smallest absolute Gasteiger partial charge is 0.257 e. The number of ether oxygens (including phenoxy) is 1. The van der Waals surface area contributed by atoms with Gasteiger partial charge in [0, 0.05) is 31.4 Å². The summed E-state index contributed by atoms with van der Waals surface area (Å²) in [6, 6.07) is 10.2. The zero-order valence-corrected chi connectivity index (χ0v) is 18.5. The molecule has 0 N–H and O–H groups in total. The van der Waals surface area contributed by atoms with E-state index in [2.05, 4.69) is 9.88 Å². The molecule has 164 valence electrons. The third-order valence-corrected chi connectivity index (χ3v) is 5.59. The van der Waals surface area contributed by atoms with Gasteiger partial charge in [0.1, 0.15) is 18.2 Å². The van der Waals surface area contributed by atoms with Gasteiger partial charge in [-0.3, -0.25) is 9.78 Å². The number of benzene rings is 1. The number of nitrogens with zero attached hydrogens (tertiary/aromatic N) is 3. The molecule has 0 spiro atoms. The molecule has 2 aromatic rings. The summed E-state index contributed by atoms with van der Waals surface area (Å²) in [7, 11) is 0. The van der Waals surface area contributed by atoms with Crippen LogP contribution in [0.4, 0.5) is 4.39 Å². The van der Waals surface area contributed by atoms with Gasteiger partial charge in [-0.1, -0.05) is 6.07 Å². The number of carbonyl (C=O) groups excluding carboxylic acids is 1. The van der Waals surface area contributed by atoms with E-state index >= 15 is 0 Å². The molecule has 1 atom stereocenters. The minimum absolute atomic E-state index is 0. The summed E-state index contributed by atoms with van der Waals surface area (Å²) < 4.78 is 20.3. The van der Waals surface area contributed by atoms with E-state index in [4.69, 9.17) is 4.74 Å². The average molecular weight is 456 g/mol. The predicted molar refractivity (Wildman–Crippen MR) is 119 cm³/mol. The van der Waals surface area contributed by atoms with Gasteiger partial charge in [0.15, 0.2) is 0 Å². The van der Waals surface area contributed by atoms with Crippen molar-refractivity contribution in [2.45, 2.75) is 38.3 Å². The van der Waals surface area contributed by atoms with Gasteiger partial charge in [-0.05, 0) is 63.0 Å². The molecule has 0 unspecified atom stereocenters. The molecule has 1 aromatic heterocycles. The minimum Gasteiger partial charge on any atom is -0.487 e. The van der Waals surface area contributed by atoms with E-state index in [0.717, 1.165) is 38.2 Å². The number of amides is 1. The fourth-order valence-corrected chi connectivity index (χ4v) is 4.11. The lowest BCUT2D eigenvalue weighted by Crippen LogP contribution is -2.42. The molecular formula is C22H28Cl2FN3O2. The average Bonchev–Trinajstić information content (AvgIpc) is 3.39. The first-order valence-corrected chi connectivity index (χ1v) is 10.1. The van der Waals surface area contributed by atoms with Crippen LogP contribution < -0.4 is 4.74 Å². The lowest BCUT2D eigenvalue weighted by Gasteiger charge is -2.28. The highest BCUT2D eigenvalue weighted by Gasteiger charge is 2.32. The second kappa shape index (κ2) is 11.5. The first kappa shape index (κ1) is 24.4. The largest absolute Gasteiger partial charge is 0.487 e. The Morgan fingerprint density at radius 3 is 2.60 bits per heavy atom. The molecule has 0 bridgehead atoms. The number of halogens is 3. The third-order valence-electron chi connectivity index (χ3n) is 5.59. The van der Waals surface area contributed by atoms with Gasteiger partial charge in [0.05, 0.1) is 11.3 Å². The van der Waals surface area contributed by atoms with Crippen molar-refractivity contribution >= 4 is 30.7 Å². The Hall–Kier alpha value is -1.89. The highest BCUT2D eigenvalue weighted by molar-refractivity contribution is 5.95. The lowest BCUT2D eigenvalue weighted by molar-refractivity contribution is 0.0704. The number of hydrogen-bond donors (Lipinski definition) is 0. The molecule has 8 heteroatoms. The molecule has 4 rings (SSSR count). The van der Waals surface area contributed by atoms with Crippen molar-refractivity contribution in [2.24, 2.45) is 0 Å². The van der Waals surface area contributed by atoms with Crippen molar-refractivity contribution in [1.82, 2.24) is 14.8 Å². The van der Waals surface area contributed by atoms with Crippen LogP contribution in [-0.4, -0.2) is 52.9 Å². The summed E-state index contributed by atoms with van der Waals surface area (Å²) in [5, 5.41) is 0. The summed E-state index contributed by atoms with van der Waals surface area (Å²) in [4.78, 5) is 21.4. The van der Waals surface area contributed by atoms with E-state index in [1.807, 2.05) is 23.1 Å². The fraction of sp³-hybridized carbons (Fsp3) is 0.455. The van der Waals surface area contributed by atoms with Crippen molar-refractivity contribution in [3.63, 3.8) is 0 Å². The topological polar surface area (TPSA) is 45.7 Å². The third kappa shape index (κ3) is 5.84. The molecular weight excluding hydrogens is 428 g/mol. The first-order valence-electron chi connectivity index (χ1n) is 10.1. The van der Waals surface area contributed by atoms with E-state index in [-0.39, 0.29) is 48.9 Å². The maximum atomic E-state index is 14.7. The van der Waals surface area contributed by atoms with Crippen molar-refractivity contribution in [3.8, 4) is 5.75 Å². The molecule has 2 fully saturated rings. The molecule has 2 saturated heterocycles. The number of likely N-dealkylation sites (tertiary alicyclic amines) is 2. The molecule has 1 aromatic carbocycles. The first-order chi connectivity index (χ1) is 13.7. The van der Waals surface area contributed by atoms with Crippen LogP contribution in [0.1, 0.15) is 41.7 Å². The van der Waals surface area contributed by atoms with Crippen LogP contribution in [0.3, 0.4) is 0 Å². The van der Waals surface area contributed by atoms with Crippen LogP contribution in [0, 0.1) is 5.82 Å². The summed E-state index contributed by atoms with van der Waals surface area (Å²) in [5.41, 5.74) is 0.892. The number of pyridine rings is 1. The predicted octanol–water partition coefficient (Wildman–Crippen LogP) is 4.34. The minimum atomic E-state index is -0.532. The van der Waals surface area contributed by atoms with Crippen LogP contribution >= 0.6 is 24.8 Å². The maximum absolute atomic E-state index is 14.7. The van der Waals surface area contributed by atoms with Gasteiger partial charge in [-0.15, -0.1) is 24.8 Å². The number of aromatic nitrogens is 1. The van der Waals surface area contributed by atoms with Crippen LogP contribution in [0.25, 0.3) is 0 Å². The fourth-order valence-electron chi connectivity index (χ4n) is 4.11. The molecule has 1 amide bonds. The van der Waals surface area contributed by atoms with E-state index in [9.17, 15) is 9.18 Å². The Kier molecular flexibility index (Phi) is 9.34. The molecule has 0 aliphatic carbocycles. The van der Waals surface area contributed by atoms with Crippen molar-refractivity contribution in [2.75, 3.05) is 26.2 Å². The van der Waals surface area contributed by atoms with Gasteiger partial charge in [-0.25, -0.2) is 4.39 Å². The summed E-state index contributed by atoms with van der Waals surface area (Å²) >= 11 is 0. The second-order valence-electron chi connectivity index (χ2n) is 7.55. The highest BCUT2D eigenvalue weighted by Crippen LogP contribution is 2.25. The summed E-state index contributed by atoms with van der Waals surface area (Å²) in [6.07, 6.45) is 6.13. The Labute approximate surface area is 189 Å². The van der Waals surface area contributed by atoms with Crippen LogP contribution in [0.15, 0.2) is 42.6 Å². The number of hydrogen-bond acceptors (Lipinski definition) is 4. The quantitative estimate of drug-likeness (QED) is 0.649. The van der Waals surface area contributed by atoms with Crippen molar-refractivity contribution < 1.29 is 13.9 Å². The Morgan fingerprint density at radius 2 is 1.90 bits per heavy atom.